The molecule has 2 saturated heterocycles. The zero-order chi connectivity index (χ0) is 10.7. The second-order valence-electron chi connectivity index (χ2n) is 4.48. The van der Waals surface area contributed by atoms with Gasteiger partial charge in [0.1, 0.15) is 0 Å². The maximum atomic E-state index is 12.2. The van der Waals surface area contributed by atoms with Gasteiger partial charge in [-0.05, 0) is 32.9 Å². The molecule has 1 unspecified atom stereocenters. The van der Waals surface area contributed by atoms with Gasteiger partial charge in [-0.3, -0.25) is 4.79 Å². The maximum Gasteiger partial charge on any atom is 0.226 e. The fraction of sp³-hybridized carbons (Fsp3) is 0.909. The van der Waals surface area contributed by atoms with Gasteiger partial charge in [0.2, 0.25) is 5.91 Å². The number of nitrogens with one attached hydrogen (secondary N) is 1. The topological polar surface area (TPSA) is 41.6 Å². The number of morpholine rings is 1. The molecular weight excluding hydrogens is 192 g/mol. The van der Waals surface area contributed by atoms with Crippen molar-refractivity contribution in [2.24, 2.45) is 5.92 Å². The van der Waals surface area contributed by atoms with Gasteiger partial charge in [0.25, 0.3) is 0 Å². The van der Waals surface area contributed by atoms with Crippen molar-refractivity contribution < 1.29 is 9.53 Å². The number of hydrogen-bond acceptors (Lipinski definition) is 3. The number of piperidine rings is 1. The van der Waals surface area contributed by atoms with Crippen LogP contribution in [0.2, 0.25) is 0 Å². The molecule has 15 heavy (non-hydrogen) atoms. The van der Waals surface area contributed by atoms with Crippen LogP contribution in [0.15, 0.2) is 0 Å². The summed E-state index contributed by atoms with van der Waals surface area (Å²) in [6.45, 7) is 6.18. The number of ether oxygens (including phenoxy) is 1. The largest absolute Gasteiger partial charge is 0.377 e. The molecule has 0 spiro atoms. The highest BCUT2D eigenvalue weighted by Gasteiger charge is 2.30. The first-order valence-electron chi connectivity index (χ1n) is 5.88. The highest BCUT2D eigenvalue weighted by atomic mass is 16.5. The van der Waals surface area contributed by atoms with Gasteiger partial charge in [0.05, 0.1) is 19.3 Å². The summed E-state index contributed by atoms with van der Waals surface area (Å²) in [5.74, 6) is 0.583. The lowest BCUT2D eigenvalue weighted by Gasteiger charge is -2.36. The number of carbonyl (C=O) groups excluding carboxylic acids is 1. The van der Waals surface area contributed by atoms with Crippen molar-refractivity contribution >= 4 is 5.91 Å². The Kier molecular flexibility index (Phi) is 3.59. The Morgan fingerprint density at radius 2 is 2.13 bits per heavy atom. The van der Waals surface area contributed by atoms with Crippen LogP contribution >= 0.6 is 0 Å². The molecule has 0 saturated carbocycles. The van der Waals surface area contributed by atoms with Crippen LogP contribution in [0.5, 0.6) is 0 Å². The molecule has 4 heteroatoms. The first-order valence-corrected chi connectivity index (χ1v) is 5.88. The Bertz CT molecular complexity index is 227. The predicted octanol–water partition coefficient (Wildman–Crippen LogP) is 0.233. The summed E-state index contributed by atoms with van der Waals surface area (Å²) in [7, 11) is 0. The lowest BCUT2D eigenvalue weighted by Crippen LogP contribution is -2.50. The molecule has 0 aromatic carbocycles. The zero-order valence-electron chi connectivity index (χ0n) is 9.37. The van der Waals surface area contributed by atoms with Gasteiger partial charge in [0.15, 0.2) is 0 Å². The molecule has 86 valence electrons. The van der Waals surface area contributed by atoms with Crippen molar-refractivity contribution in [3.05, 3.63) is 0 Å². The van der Waals surface area contributed by atoms with E-state index >= 15 is 0 Å². The summed E-state index contributed by atoms with van der Waals surface area (Å²) in [6.07, 6.45) is 1.98. The lowest BCUT2D eigenvalue weighted by molar-refractivity contribution is -0.144. The molecule has 0 radical (unpaired) electrons. The summed E-state index contributed by atoms with van der Waals surface area (Å²) in [5.41, 5.74) is 0. The highest BCUT2D eigenvalue weighted by molar-refractivity contribution is 5.79. The van der Waals surface area contributed by atoms with Gasteiger partial charge in [-0.15, -0.1) is 0 Å². The molecule has 2 fully saturated rings. The van der Waals surface area contributed by atoms with E-state index in [4.69, 9.17) is 4.74 Å². The molecule has 1 amide bonds. The van der Waals surface area contributed by atoms with Gasteiger partial charge in [-0.25, -0.2) is 0 Å². The summed E-state index contributed by atoms with van der Waals surface area (Å²) >= 11 is 0. The normalized spacial score (nSPS) is 29.1. The molecule has 1 atom stereocenters. The van der Waals surface area contributed by atoms with Crippen LogP contribution in [0.25, 0.3) is 0 Å². The van der Waals surface area contributed by atoms with Crippen LogP contribution in [-0.2, 0) is 9.53 Å². The summed E-state index contributed by atoms with van der Waals surface area (Å²) in [6, 6.07) is 0.251. The standard InChI is InChI=1S/C11H20N2O2/c1-9-8-15-7-6-13(9)11(14)10-2-4-12-5-3-10/h9-10,12H,2-8H2,1H3. The van der Waals surface area contributed by atoms with E-state index in [1.165, 1.54) is 0 Å². The molecule has 0 bridgehead atoms. The van der Waals surface area contributed by atoms with Gasteiger partial charge in [-0.1, -0.05) is 0 Å². The van der Waals surface area contributed by atoms with Crippen LogP contribution < -0.4 is 5.32 Å². The van der Waals surface area contributed by atoms with Crippen molar-refractivity contribution in [2.45, 2.75) is 25.8 Å². The Labute approximate surface area is 91.0 Å². The van der Waals surface area contributed by atoms with Crippen molar-refractivity contribution in [1.29, 1.82) is 0 Å². The average molecular weight is 212 g/mol. The van der Waals surface area contributed by atoms with Crippen molar-refractivity contribution in [2.75, 3.05) is 32.8 Å². The van der Waals surface area contributed by atoms with Gasteiger partial charge < -0.3 is 15.0 Å². The minimum atomic E-state index is 0.242. The Balaban J connectivity index is 1.92. The quantitative estimate of drug-likeness (QED) is 0.676. The number of amides is 1. The third kappa shape index (κ3) is 2.49. The third-order valence-electron chi connectivity index (χ3n) is 3.34. The molecule has 2 heterocycles. The Morgan fingerprint density at radius 1 is 1.40 bits per heavy atom. The van der Waals surface area contributed by atoms with Crippen molar-refractivity contribution in [1.82, 2.24) is 10.2 Å². The third-order valence-corrected chi connectivity index (χ3v) is 3.34. The van der Waals surface area contributed by atoms with E-state index in [0.29, 0.717) is 19.1 Å². The average Bonchev–Trinajstić information content (AvgIpc) is 2.30. The molecule has 2 aliphatic heterocycles. The molecule has 0 aromatic rings. The van der Waals surface area contributed by atoms with E-state index in [0.717, 1.165) is 32.5 Å². The van der Waals surface area contributed by atoms with Crippen LogP contribution in [0.1, 0.15) is 19.8 Å². The van der Waals surface area contributed by atoms with Crippen LogP contribution in [0.3, 0.4) is 0 Å². The van der Waals surface area contributed by atoms with E-state index in [9.17, 15) is 4.79 Å². The molecule has 2 rings (SSSR count). The van der Waals surface area contributed by atoms with Crippen LogP contribution in [0, 0.1) is 5.92 Å². The molecule has 1 N–H and O–H groups in total. The summed E-state index contributed by atoms with van der Waals surface area (Å²) < 4.78 is 5.34. The minimum absolute atomic E-state index is 0.242. The first kappa shape index (κ1) is 10.9. The Morgan fingerprint density at radius 3 is 2.80 bits per heavy atom. The smallest absolute Gasteiger partial charge is 0.226 e. The second kappa shape index (κ2) is 4.94. The number of carbonyl (C=O) groups is 1. The van der Waals surface area contributed by atoms with E-state index in [2.05, 4.69) is 12.2 Å². The molecule has 2 aliphatic rings. The van der Waals surface area contributed by atoms with E-state index in [-0.39, 0.29) is 12.0 Å². The van der Waals surface area contributed by atoms with E-state index in [1.807, 2.05) is 4.90 Å². The van der Waals surface area contributed by atoms with Gasteiger partial charge >= 0.3 is 0 Å². The molecular formula is C11H20N2O2. The van der Waals surface area contributed by atoms with Gasteiger partial charge in [-0.2, -0.15) is 0 Å². The minimum Gasteiger partial charge on any atom is -0.377 e. The summed E-state index contributed by atoms with van der Waals surface area (Å²) in [4.78, 5) is 14.2. The summed E-state index contributed by atoms with van der Waals surface area (Å²) in [5, 5.41) is 3.29. The van der Waals surface area contributed by atoms with Crippen LogP contribution in [0.4, 0.5) is 0 Å². The zero-order valence-corrected chi connectivity index (χ0v) is 9.37. The fourth-order valence-electron chi connectivity index (χ4n) is 2.36. The number of hydrogen-bond donors (Lipinski definition) is 1. The predicted molar refractivity (Wildman–Crippen MR) is 57.6 cm³/mol. The fourth-order valence-corrected chi connectivity index (χ4v) is 2.36. The van der Waals surface area contributed by atoms with E-state index < -0.39 is 0 Å². The van der Waals surface area contributed by atoms with Crippen LogP contribution in [-0.4, -0.2) is 49.7 Å². The van der Waals surface area contributed by atoms with Crippen molar-refractivity contribution in [3.8, 4) is 0 Å². The second-order valence-corrected chi connectivity index (χ2v) is 4.48. The number of nitrogens with zero attached hydrogens (tertiary/aromatic N) is 1. The maximum absolute atomic E-state index is 12.2. The number of rotatable bonds is 1. The SMILES string of the molecule is CC1COCCN1C(=O)C1CCNCC1. The van der Waals surface area contributed by atoms with E-state index in [1.54, 1.807) is 0 Å². The van der Waals surface area contributed by atoms with Gasteiger partial charge in [0, 0.05) is 12.5 Å². The highest BCUT2D eigenvalue weighted by Crippen LogP contribution is 2.18. The lowest BCUT2D eigenvalue weighted by atomic mass is 9.96. The molecule has 0 aliphatic carbocycles. The van der Waals surface area contributed by atoms with Crippen molar-refractivity contribution in [3.63, 3.8) is 0 Å². The molecule has 4 nitrogen and oxygen atoms in total. The molecule has 0 aromatic heterocycles. The monoisotopic (exact) mass is 212 g/mol. The first-order chi connectivity index (χ1) is 7.29. The Hall–Kier alpha value is -0.610.